The molecule has 0 bridgehead atoms. The fourth-order valence-corrected chi connectivity index (χ4v) is 2.56. The fourth-order valence-electron chi connectivity index (χ4n) is 2.56. The molecule has 0 aromatic carbocycles. The topological polar surface area (TPSA) is 74.2 Å². The van der Waals surface area contributed by atoms with Gasteiger partial charge in [-0.25, -0.2) is 0 Å². The number of hydrogen-bond acceptors (Lipinski definition) is 5. The highest BCUT2D eigenvalue weighted by atomic mass is 16.5. The van der Waals surface area contributed by atoms with Crippen molar-refractivity contribution in [2.24, 2.45) is 5.73 Å². The maximum atomic E-state index is 6.22. The van der Waals surface area contributed by atoms with Crippen LogP contribution in [0.3, 0.4) is 0 Å². The molecule has 1 saturated carbocycles. The van der Waals surface area contributed by atoms with Gasteiger partial charge in [-0.2, -0.15) is 4.98 Å². The second-order valence-corrected chi connectivity index (χ2v) is 6.16. The van der Waals surface area contributed by atoms with Crippen LogP contribution < -0.4 is 5.73 Å². The van der Waals surface area contributed by atoms with Gasteiger partial charge >= 0.3 is 0 Å². The Morgan fingerprint density at radius 3 is 2.74 bits per heavy atom. The van der Waals surface area contributed by atoms with Gasteiger partial charge in [-0.15, -0.1) is 0 Å². The normalized spacial score (nSPS) is 21.5. The lowest BCUT2D eigenvalue weighted by molar-refractivity contribution is 0.0867. The van der Waals surface area contributed by atoms with Crippen molar-refractivity contribution in [1.29, 1.82) is 0 Å². The molecule has 1 aromatic rings. The van der Waals surface area contributed by atoms with E-state index in [0.29, 0.717) is 19.0 Å². The quantitative estimate of drug-likeness (QED) is 0.802. The molecular weight excluding hydrogens is 242 g/mol. The number of aromatic nitrogens is 2. The Morgan fingerprint density at radius 1 is 1.42 bits per heavy atom. The summed E-state index contributed by atoms with van der Waals surface area (Å²) in [4.78, 5) is 4.53. The van der Waals surface area contributed by atoms with Gasteiger partial charge in [-0.05, 0) is 26.2 Å². The van der Waals surface area contributed by atoms with E-state index in [1.165, 1.54) is 12.8 Å². The second kappa shape index (κ2) is 5.59. The average Bonchev–Trinajstić information content (AvgIpc) is 2.98. The van der Waals surface area contributed by atoms with Crippen molar-refractivity contribution in [2.75, 3.05) is 13.2 Å². The lowest BCUT2D eigenvalue weighted by Gasteiger charge is -2.20. The molecule has 0 spiro atoms. The summed E-state index contributed by atoms with van der Waals surface area (Å²) in [5.41, 5.74) is 5.57. The number of hydrogen-bond donors (Lipinski definition) is 1. The molecule has 2 rings (SSSR count). The zero-order valence-corrected chi connectivity index (χ0v) is 12.2. The molecule has 1 aromatic heterocycles. The Kier molecular flexibility index (Phi) is 4.26. The molecule has 0 saturated heterocycles. The Hall–Kier alpha value is -0.940. The van der Waals surface area contributed by atoms with Crippen LogP contribution in [0.2, 0.25) is 0 Å². The van der Waals surface area contributed by atoms with Crippen molar-refractivity contribution < 1.29 is 9.26 Å². The van der Waals surface area contributed by atoms with Gasteiger partial charge in [0.1, 0.15) is 5.54 Å². The highest BCUT2D eigenvalue weighted by Crippen LogP contribution is 2.39. The summed E-state index contributed by atoms with van der Waals surface area (Å²) in [7, 11) is 0. The molecule has 1 aliphatic rings. The van der Waals surface area contributed by atoms with E-state index < -0.39 is 5.54 Å². The monoisotopic (exact) mass is 267 g/mol. The minimum absolute atomic E-state index is 0.0333. The summed E-state index contributed by atoms with van der Waals surface area (Å²) in [6, 6.07) is 0. The van der Waals surface area contributed by atoms with E-state index in [2.05, 4.69) is 24.0 Å². The molecule has 1 aliphatic carbocycles. The molecule has 2 N–H and O–H groups in total. The first-order valence-electron chi connectivity index (χ1n) is 7.19. The third-order valence-electron chi connectivity index (χ3n) is 3.91. The van der Waals surface area contributed by atoms with Gasteiger partial charge in [0.15, 0.2) is 5.82 Å². The minimum Gasteiger partial charge on any atom is -0.379 e. The summed E-state index contributed by atoms with van der Waals surface area (Å²) < 4.78 is 11.0. The van der Waals surface area contributed by atoms with Crippen LogP contribution in [0.15, 0.2) is 4.52 Å². The predicted octanol–water partition coefficient (Wildman–Crippen LogP) is 2.50. The molecule has 0 aliphatic heterocycles. The van der Waals surface area contributed by atoms with Crippen LogP contribution in [0.5, 0.6) is 0 Å². The van der Waals surface area contributed by atoms with Crippen LogP contribution in [0.4, 0.5) is 0 Å². The molecule has 1 heterocycles. The summed E-state index contributed by atoms with van der Waals surface area (Å²) in [6.07, 6.45) is 5.66. The number of nitrogens with two attached hydrogens (primary N) is 1. The Labute approximate surface area is 114 Å². The molecular formula is C14H25N3O2. The zero-order valence-electron chi connectivity index (χ0n) is 12.2. The molecule has 0 radical (unpaired) electrons. The van der Waals surface area contributed by atoms with Crippen molar-refractivity contribution in [2.45, 2.75) is 63.8 Å². The summed E-state index contributed by atoms with van der Waals surface area (Å²) in [5, 5.41) is 4.07. The van der Waals surface area contributed by atoms with Gasteiger partial charge in [0.25, 0.3) is 0 Å². The van der Waals surface area contributed by atoms with Crippen LogP contribution >= 0.6 is 0 Å². The molecule has 1 atom stereocenters. The van der Waals surface area contributed by atoms with Gasteiger partial charge in [-0.1, -0.05) is 31.8 Å². The van der Waals surface area contributed by atoms with E-state index in [0.717, 1.165) is 25.2 Å². The van der Waals surface area contributed by atoms with Crippen LogP contribution in [0.25, 0.3) is 0 Å². The molecule has 5 nitrogen and oxygen atoms in total. The molecule has 1 fully saturated rings. The van der Waals surface area contributed by atoms with E-state index in [9.17, 15) is 0 Å². The Bertz CT molecular complexity index is 409. The van der Waals surface area contributed by atoms with Crippen molar-refractivity contribution in [3.63, 3.8) is 0 Å². The predicted molar refractivity (Wildman–Crippen MR) is 72.8 cm³/mol. The average molecular weight is 267 g/mol. The number of ether oxygens (including phenoxy) is 1. The minimum atomic E-state index is -0.689. The molecule has 1 unspecified atom stereocenters. The lowest BCUT2D eigenvalue weighted by atomic mass is 9.89. The second-order valence-electron chi connectivity index (χ2n) is 6.16. The third kappa shape index (κ3) is 3.15. The van der Waals surface area contributed by atoms with Gasteiger partial charge in [-0.3, -0.25) is 0 Å². The van der Waals surface area contributed by atoms with E-state index in [1.54, 1.807) is 0 Å². The molecule has 5 heteroatoms. The Morgan fingerprint density at radius 2 is 2.11 bits per heavy atom. The van der Waals surface area contributed by atoms with E-state index in [1.807, 2.05) is 6.92 Å². The van der Waals surface area contributed by atoms with Crippen LogP contribution in [-0.4, -0.2) is 23.4 Å². The summed E-state index contributed by atoms with van der Waals surface area (Å²) >= 11 is 0. The van der Waals surface area contributed by atoms with Crippen molar-refractivity contribution >= 4 is 0 Å². The lowest BCUT2D eigenvalue weighted by Crippen LogP contribution is -2.39. The summed E-state index contributed by atoms with van der Waals surface area (Å²) in [5.74, 6) is 1.28. The maximum absolute atomic E-state index is 6.22. The van der Waals surface area contributed by atoms with Crippen LogP contribution in [-0.2, 0) is 15.7 Å². The Balaban J connectivity index is 2.07. The van der Waals surface area contributed by atoms with Gasteiger partial charge in [0.2, 0.25) is 5.89 Å². The van der Waals surface area contributed by atoms with E-state index in [4.69, 9.17) is 15.0 Å². The number of nitrogens with zero attached hydrogens (tertiary/aromatic N) is 2. The standard InChI is InChI=1S/C14H25N3O2/c1-4-9-18-10-14(3,15)11-16-12(19-17-11)13(2)7-5-6-8-13/h4-10,15H2,1-3H3. The van der Waals surface area contributed by atoms with Crippen molar-refractivity contribution in [1.82, 2.24) is 10.1 Å². The number of rotatable bonds is 6. The fraction of sp³-hybridized carbons (Fsp3) is 0.857. The van der Waals surface area contributed by atoms with Gasteiger partial charge in [0, 0.05) is 12.0 Å². The first-order chi connectivity index (χ1) is 8.98. The van der Waals surface area contributed by atoms with E-state index >= 15 is 0 Å². The smallest absolute Gasteiger partial charge is 0.232 e. The van der Waals surface area contributed by atoms with Gasteiger partial charge < -0.3 is 15.0 Å². The first-order valence-corrected chi connectivity index (χ1v) is 7.19. The SMILES string of the molecule is CCCOCC(C)(N)c1noc(C2(C)CCCC2)n1. The third-order valence-corrected chi connectivity index (χ3v) is 3.91. The van der Waals surface area contributed by atoms with Crippen LogP contribution in [0.1, 0.15) is 64.6 Å². The van der Waals surface area contributed by atoms with Crippen molar-refractivity contribution in [3.8, 4) is 0 Å². The van der Waals surface area contributed by atoms with Crippen molar-refractivity contribution in [3.05, 3.63) is 11.7 Å². The molecule has 19 heavy (non-hydrogen) atoms. The highest BCUT2D eigenvalue weighted by Gasteiger charge is 2.38. The summed E-state index contributed by atoms with van der Waals surface area (Å²) in [6.45, 7) is 7.26. The zero-order chi connectivity index (χ0) is 13.9. The maximum Gasteiger partial charge on any atom is 0.232 e. The van der Waals surface area contributed by atoms with E-state index in [-0.39, 0.29) is 5.41 Å². The van der Waals surface area contributed by atoms with Gasteiger partial charge in [0.05, 0.1) is 6.61 Å². The molecule has 108 valence electrons. The largest absolute Gasteiger partial charge is 0.379 e. The van der Waals surface area contributed by atoms with Crippen LogP contribution in [0, 0.1) is 0 Å². The first kappa shape index (κ1) is 14.5. The molecule has 0 amide bonds. The highest BCUT2D eigenvalue weighted by molar-refractivity contribution is 5.09.